The topological polar surface area (TPSA) is 75.3 Å². The molecule has 0 saturated carbocycles. The molecule has 1 aliphatic carbocycles. The van der Waals surface area contributed by atoms with Crippen LogP contribution in [-0.4, -0.2) is 20.6 Å². The van der Waals surface area contributed by atoms with Gasteiger partial charge in [-0.2, -0.15) is 0 Å². The molecule has 5 nitrogen and oxygen atoms in total. The Labute approximate surface area is 135 Å². The molecule has 0 saturated heterocycles. The first-order valence-corrected chi connectivity index (χ1v) is 9.28. The number of rotatable bonds is 4. The van der Waals surface area contributed by atoms with Gasteiger partial charge >= 0.3 is 0 Å². The van der Waals surface area contributed by atoms with Crippen LogP contribution in [0, 0.1) is 0 Å². The number of fused-ring (bicyclic) bond motifs is 1. The van der Waals surface area contributed by atoms with Crippen LogP contribution in [0.15, 0.2) is 48.5 Å². The lowest BCUT2D eigenvalue weighted by atomic mass is 10.1. The molecule has 3 rings (SSSR count). The fourth-order valence-corrected chi connectivity index (χ4v) is 3.44. The zero-order chi connectivity index (χ0) is 16.4. The third kappa shape index (κ3) is 3.71. The summed E-state index contributed by atoms with van der Waals surface area (Å²) < 4.78 is 25.0. The number of hydrogen-bond donors (Lipinski definition) is 2. The average Bonchev–Trinajstić information content (AvgIpc) is 2.89. The van der Waals surface area contributed by atoms with Crippen LogP contribution >= 0.6 is 0 Å². The second kappa shape index (κ2) is 6.04. The first-order chi connectivity index (χ1) is 10.9. The van der Waals surface area contributed by atoms with E-state index in [9.17, 15) is 13.2 Å². The third-order valence-electron chi connectivity index (χ3n) is 3.87. The summed E-state index contributed by atoms with van der Waals surface area (Å²) >= 11 is 0. The van der Waals surface area contributed by atoms with Crippen molar-refractivity contribution in [2.45, 2.75) is 18.9 Å². The molecular formula is C17H18N2O3S. The van der Waals surface area contributed by atoms with E-state index in [1.54, 1.807) is 18.2 Å². The summed E-state index contributed by atoms with van der Waals surface area (Å²) in [5, 5.41) is 3.03. The van der Waals surface area contributed by atoms with E-state index < -0.39 is 10.0 Å². The van der Waals surface area contributed by atoms with Gasteiger partial charge in [-0.1, -0.05) is 30.3 Å². The van der Waals surface area contributed by atoms with Crippen molar-refractivity contribution in [3.63, 3.8) is 0 Å². The minimum absolute atomic E-state index is 0.00484. The van der Waals surface area contributed by atoms with Crippen LogP contribution in [0.4, 0.5) is 5.69 Å². The van der Waals surface area contributed by atoms with Crippen molar-refractivity contribution in [2.75, 3.05) is 11.0 Å². The first kappa shape index (κ1) is 15.6. The Bertz CT molecular complexity index is 846. The predicted octanol–water partition coefficient (Wildman–Crippen LogP) is 2.48. The van der Waals surface area contributed by atoms with E-state index in [2.05, 4.69) is 16.1 Å². The Balaban J connectivity index is 1.76. The lowest BCUT2D eigenvalue weighted by Crippen LogP contribution is -2.27. The maximum Gasteiger partial charge on any atom is 0.251 e. The molecule has 6 heteroatoms. The molecule has 2 aromatic carbocycles. The van der Waals surface area contributed by atoms with Crippen LogP contribution < -0.4 is 10.0 Å². The van der Waals surface area contributed by atoms with Gasteiger partial charge in [0.1, 0.15) is 0 Å². The van der Waals surface area contributed by atoms with Crippen molar-refractivity contribution in [1.82, 2.24) is 5.32 Å². The predicted molar refractivity (Wildman–Crippen MR) is 89.9 cm³/mol. The van der Waals surface area contributed by atoms with Crippen LogP contribution in [0.1, 0.15) is 33.9 Å². The van der Waals surface area contributed by atoms with Gasteiger partial charge in [0.2, 0.25) is 10.0 Å². The molecular weight excluding hydrogens is 312 g/mol. The Morgan fingerprint density at radius 1 is 1.13 bits per heavy atom. The van der Waals surface area contributed by atoms with Gasteiger partial charge in [-0.05, 0) is 42.2 Å². The number of sulfonamides is 1. The van der Waals surface area contributed by atoms with Crippen molar-refractivity contribution in [1.29, 1.82) is 0 Å². The van der Waals surface area contributed by atoms with Crippen LogP contribution in [0.2, 0.25) is 0 Å². The fraction of sp³-hybridized carbons (Fsp3) is 0.235. The van der Waals surface area contributed by atoms with E-state index >= 15 is 0 Å². The average molecular weight is 330 g/mol. The minimum atomic E-state index is -3.36. The van der Waals surface area contributed by atoms with Crippen LogP contribution in [-0.2, 0) is 16.4 Å². The van der Waals surface area contributed by atoms with E-state index in [1.165, 1.54) is 11.6 Å². The number of nitrogens with one attached hydrogen (secondary N) is 2. The van der Waals surface area contributed by atoms with Crippen molar-refractivity contribution < 1.29 is 13.2 Å². The molecule has 1 atom stereocenters. The van der Waals surface area contributed by atoms with E-state index in [0.29, 0.717) is 11.3 Å². The van der Waals surface area contributed by atoms with Crippen LogP contribution in [0.25, 0.3) is 0 Å². The van der Waals surface area contributed by atoms with E-state index in [1.807, 2.05) is 18.2 Å². The highest BCUT2D eigenvalue weighted by Crippen LogP contribution is 2.30. The SMILES string of the molecule is CS(=O)(=O)Nc1cccc(C(=O)NC2CCc3ccccc32)c1. The molecule has 23 heavy (non-hydrogen) atoms. The molecule has 1 aliphatic rings. The van der Waals surface area contributed by atoms with Gasteiger partial charge in [0, 0.05) is 11.3 Å². The van der Waals surface area contributed by atoms with Crippen molar-refractivity contribution in [3.05, 3.63) is 65.2 Å². The molecule has 0 aromatic heterocycles. The maximum atomic E-state index is 12.4. The highest BCUT2D eigenvalue weighted by Gasteiger charge is 2.23. The molecule has 1 amide bonds. The molecule has 0 bridgehead atoms. The third-order valence-corrected chi connectivity index (χ3v) is 4.47. The molecule has 2 N–H and O–H groups in total. The smallest absolute Gasteiger partial charge is 0.251 e. The summed E-state index contributed by atoms with van der Waals surface area (Å²) in [5.74, 6) is -0.205. The zero-order valence-electron chi connectivity index (χ0n) is 12.7. The van der Waals surface area contributed by atoms with Crippen molar-refractivity contribution in [2.24, 2.45) is 0 Å². The molecule has 0 fully saturated rings. The quantitative estimate of drug-likeness (QED) is 0.904. The minimum Gasteiger partial charge on any atom is -0.345 e. The number of aryl methyl sites for hydroxylation is 1. The Morgan fingerprint density at radius 2 is 1.91 bits per heavy atom. The number of amides is 1. The second-order valence-electron chi connectivity index (χ2n) is 5.72. The lowest BCUT2D eigenvalue weighted by molar-refractivity contribution is 0.0936. The normalized spacial score (nSPS) is 16.7. The fourth-order valence-electron chi connectivity index (χ4n) is 2.89. The zero-order valence-corrected chi connectivity index (χ0v) is 13.6. The largest absolute Gasteiger partial charge is 0.345 e. The summed E-state index contributed by atoms with van der Waals surface area (Å²) in [5.41, 5.74) is 3.24. The Morgan fingerprint density at radius 3 is 2.70 bits per heavy atom. The van der Waals surface area contributed by atoms with Crippen LogP contribution in [0.5, 0.6) is 0 Å². The Hall–Kier alpha value is -2.34. The molecule has 0 aliphatic heterocycles. The number of hydrogen-bond acceptors (Lipinski definition) is 3. The van der Waals surface area contributed by atoms with Gasteiger partial charge in [-0.25, -0.2) is 8.42 Å². The van der Waals surface area contributed by atoms with Gasteiger partial charge in [0.25, 0.3) is 5.91 Å². The lowest BCUT2D eigenvalue weighted by Gasteiger charge is -2.14. The number of carbonyl (C=O) groups is 1. The van der Waals surface area contributed by atoms with Crippen molar-refractivity contribution in [3.8, 4) is 0 Å². The van der Waals surface area contributed by atoms with Gasteiger partial charge in [-0.15, -0.1) is 0 Å². The van der Waals surface area contributed by atoms with Gasteiger partial charge in [0.15, 0.2) is 0 Å². The summed E-state index contributed by atoms with van der Waals surface area (Å²) in [7, 11) is -3.36. The molecule has 0 spiro atoms. The second-order valence-corrected chi connectivity index (χ2v) is 7.47. The number of carbonyl (C=O) groups excluding carboxylic acids is 1. The first-order valence-electron chi connectivity index (χ1n) is 7.39. The summed E-state index contributed by atoms with van der Waals surface area (Å²) in [4.78, 5) is 12.4. The number of benzene rings is 2. The highest BCUT2D eigenvalue weighted by atomic mass is 32.2. The van der Waals surface area contributed by atoms with Gasteiger partial charge < -0.3 is 5.32 Å². The van der Waals surface area contributed by atoms with Crippen molar-refractivity contribution >= 4 is 21.6 Å². The Kier molecular flexibility index (Phi) is 4.09. The van der Waals surface area contributed by atoms with Gasteiger partial charge in [-0.3, -0.25) is 9.52 Å². The molecule has 120 valence electrons. The standard InChI is InChI=1S/C17H18N2O3S/c1-23(21,22)19-14-7-4-6-13(11-14)17(20)18-16-10-9-12-5-2-3-8-15(12)16/h2-8,11,16,19H,9-10H2,1H3,(H,18,20). The molecule has 2 aromatic rings. The highest BCUT2D eigenvalue weighted by molar-refractivity contribution is 7.92. The number of anilines is 1. The summed E-state index contributed by atoms with van der Waals surface area (Å²) in [6, 6.07) is 14.6. The van der Waals surface area contributed by atoms with Gasteiger partial charge in [0.05, 0.1) is 12.3 Å². The van der Waals surface area contributed by atoms with E-state index in [4.69, 9.17) is 0 Å². The van der Waals surface area contributed by atoms with Crippen LogP contribution in [0.3, 0.4) is 0 Å². The van der Waals surface area contributed by atoms with E-state index in [0.717, 1.165) is 24.7 Å². The monoisotopic (exact) mass is 330 g/mol. The molecule has 0 heterocycles. The van der Waals surface area contributed by atoms with E-state index in [-0.39, 0.29) is 11.9 Å². The summed E-state index contributed by atoms with van der Waals surface area (Å²) in [6.45, 7) is 0. The molecule has 0 radical (unpaired) electrons. The molecule has 1 unspecified atom stereocenters. The summed E-state index contributed by atoms with van der Waals surface area (Å²) in [6.07, 6.45) is 2.92. The maximum absolute atomic E-state index is 12.4.